The Hall–Kier alpha value is -1.11. The second-order valence-corrected chi connectivity index (χ2v) is 8.77. The molecule has 0 atom stereocenters. The Morgan fingerprint density at radius 2 is 1.82 bits per heavy atom. The molecule has 0 saturated carbocycles. The lowest BCUT2D eigenvalue weighted by atomic mass is 10.1. The third-order valence-corrected chi connectivity index (χ3v) is 5.74. The van der Waals surface area contributed by atoms with Gasteiger partial charge in [-0.2, -0.15) is 4.31 Å². The summed E-state index contributed by atoms with van der Waals surface area (Å²) in [5.74, 6) is -0.318. The predicted molar refractivity (Wildman–Crippen MR) is 86.7 cm³/mol. The first-order valence-corrected chi connectivity index (χ1v) is 9.05. The van der Waals surface area contributed by atoms with E-state index < -0.39 is 15.6 Å². The Kier molecular flexibility index (Phi) is 4.84. The van der Waals surface area contributed by atoms with E-state index >= 15 is 0 Å². The number of hydrogen-bond acceptors (Lipinski definition) is 3. The number of hydrogen-bond donors (Lipinski definition) is 1. The second-order valence-electron chi connectivity index (χ2n) is 6.46. The van der Waals surface area contributed by atoms with Gasteiger partial charge in [-0.15, -0.1) is 0 Å². The van der Waals surface area contributed by atoms with Gasteiger partial charge in [-0.3, -0.25) is 4.79 Å². The average Bonchev–Trinajstić information content (AvgIpc) is 2.91. The standard InChI is InChI=1S/C15H21ClN2O3S/c1-15(2,3)17-14(19)11-6-7-12(16)13(10-11)22(20,21)18-8-4-5-9-18/h6-7,10H,4-5,8-9H2,1-3H3,(H,17,19). The van der Waals surface area contributed by atoms with Gasteiger partial charge in [-0.25, -0.2) is 8.42 Å². The summed E-state index contributed by atoms with van der Waals surface area (Å²) in [6.45, 7) is 6.59. The van der Waals surface area contributed by atoms with Crippen molar-refractivity contribution in [2.75, 3.05) is 13.1 Å². The number of halogens is 1. The summed E-state index contributed by atoms with van der Waals surface area (Å²) in [6.07, 6.45) is 1.70. The maximum atomic E-state index is 12.6. The first-order chi connectivity index (χ1) is 10.1. The number of carbonyl (C=O) groups is 1. The zero-order valence-corrected chi connectivity index (χ0v) is 14.6. The largest absolute Gasteiger partial charge is 0.347 e. The highest BCUT2D eigenvalue weighted by Crippen LogP contribution is 2.28. The number of nitrogens with one attached hydrogen (secondary N) is 1. The molecule has 122 valence electrons. The van der Waals surface area contributed by atoms with Crippen molar-refractivity contribution in [2.45, 2.75) is 44.0 Å². The van der Waals surface area contributed by atoms with Gasteiger partial charge in [-0.1, -0.05) is 11.6 Å². The van der Waals surface area contributed by atoms with Crippen LogP contribution >= 0.6 is 11.6 Å². The lowest BCUT2D eigenvalue weighted by Crippen LogP contribution is -2.40. The van der Waals surface area contributed by atoms with Crippen molar-refractivity contribution in [1.82, 2.24) is 9.62 Å². The molecule has 1 N–H and O–H groups in total. The van der Waals surface area contributed by atoms with E-state index in [2.05, 4.69) is 5.32 Å². The number of nitrogens with zero attached hydrogens (tertiary/aromatic N) is 1. The summed E-state index contributed by atoms with van der Waals surface area (Å²) in [4.78, 5) is 12.2. The van der Waals surface area contributed by atoms with Crippen LogP contribution in [0, 0.1) is 0 Å². The smallest absolute Gasteiger partial charge is 0.251 e. The molecule has 5 nitrogen and oxygen atoms in total. The van der Waals surface area contributed by atoms with Gasteiger partial charge in [0.15, 0.2) is 0 Å². The number of sulfonamides is 1. The van der Waals surface area contributed by atoms with Gasteiger partial charge in [0, 0.05) is 24.2 Å². The van der Waals surface area contributed by atoms with Crippen LogP contribution in [0.5, 0.6) is 0 Å². The van der Waals surface area contributed by atoms with Crippen LogP contribution in [0.25, 0.3) is 0 Å². The molecule has 22 heavy (non-hydrogen) atoms. The first kappa shape index (κ1) is 17.2. The van der Waals surface area contributed by atoms with Crippen LogP contribution in [0.4, 0.5) is 0 Å². The molecule has 0 radical (unpaired) electrons. The van der Waals surface area contributed by atoms with Crippen LogP contribution < -0.4 is 5.32 Å². The molecule has 7 heteroatoms. The topological polar surface area (TPSA) is 66.5 Å². The molecule has 0 spiro atoms. The van der Waals surface area contributed by atoms with Crippen molar-refractivity contribution in [2.24, 2.45) is 0 Å². The van der Waals surface area contributed by atoms with Crippen molar-refractivity contribution in [3.05, 3.63) is 28.8 Å². The van der Waals surface area contributed by atoms with Crippen molar-refractivity contribution in [3.63, 3.8) is 0 Å². The van der Waals surface area contributed by atoms with Gasteiger partial charge in [0.2, 0.25) is 10.0 Å². The summed E-state index contributed by atoms with van der Waals surface area (Å²) < 4.78 is 26.7. The van der Waals surface area contributed by atoms with Crippen LogP contribution in [-0.4, -0.2) is 37.3 Å². The minimum atomic E-state index is -3.65. The zero-order chi connectivity index (χ0) is 16.5. The third-order valence-electron chi connectivity index (χ3n) is 3.36. The lowest BCUT2D eigenvalue weighted by molar-refractivity contribution is 0.0919. The minimum Gasteiger partial charge on any atom is -0.347 e. The molecule has 0 unspecified atom stereocenters. The summed E-state index contributed by atoms with van der Waals surface area (Å²) in [5.41, 5.74) is -0.109. The molecule has 2 rings (SSSR count). The van der Waals surface area contributed by atoms with E-state index in [0.29, 0.717) is 13.1 Å². The number of carbonyl (C=O) groups excluding carboxylic acids is 1. The van der Waals surface area contributed by atoms with Crippen LogP contribution in [0.3, 0.4) is 0 Å². The fraction of sp³-hybridized carbons (Fsp3) is 0.533. The molecule has 1 aliphatic rings. The maximum absolute atomic E-state index is 12.6. The van der Waals surface area contributed by atoms with E-state index in [1.54, 1.807) is 0 Å². The van der Waals surface area contributed by atoms with E-state index in [1.165, 1.54) is 22.5 Å². The molecule has 1 aliphatic heterocycles. The predicted octanol–water partition coefficient (Wildman–Crippen LogP) is 2.65. The van der Waals surface area contributed by atoms with Gasteiger partial charge < -0.3 is 5.32 Å². The van der Waals surface area contributed by atoms with Crippen molar-refractivity contribution >= 4 is 27.5 Å². The monoisotopic (exact) mass is 344 g/mol. The highest BCUT2D eigenvalue weighted by atomic mass is 35.5. The van der Waals surface area contributed by atoms with E-state index in [1.807, 2.05) is 20.8 Å². The Labute approximate surface area is 136 Å². The molecule has 1 heterocycles. The highest BCUT2D eigenvalue weighted by Gasteiger charge is 2.30. The van der Waals surface area contributed by atoms with Gasteiger partial charge in [0.1, 0.15) is 4.90 Å². The molecule has 1 aromatic rings. The van der Waals surface area contributed by atoms with Crippen LogP contribution in [0.2, 0.25) is 5.02 Å². The Morgan fingerprint density at radius 3 is 2.36 bits per heavy atom. The van der Waals surface area contributed by atoms with Crippen LogP contribution in [0.15, 0.2) is 23.1 Å². The fourth-order valence-electron chi connectivity index (χ4n) is 2.32. The number of rotatable bonds is 3. The Bertz CT molecular complexity index is 675. The van der Waals surface area contributed by atoms with E-state index in [4.69, 9.17) is 11.6 Å². The maximum Gasteiger partial charge on any atom is 0.251 e. The molecule has 1 saturated heterocycles. The molecule has 1 aromatic carbocycles. The zero-order valence-electron chi connectivity index (χ0n) is 13.0. The van der Waals surface area contributed by atoms with E-state index in [0.717, 1.165) is 12.8 Å². The summed E-state index contributed by atoms with van der Waals surface area (Å²) in [5, 5.41) is 2.95. The lowest BCUT2D eigenvalue weighted by Gasteiger charge is -2.21. The molecule has 1 fully saturated rings. The molecule has 0 aromatic heterocycles. The third kappa shape index (κ3) is 3.80. The normalized spacial score (nSPS) is 16.7. The van der Waals surface area contributed by atoms with Crippen LogP contribution in [-0.2, 0) is 10.0 Å². The molecule has 0 bridgehead atoms. The Morgan fingerprint density at radius 1 is 1.23 bits per heavy atom. The van der Waals surface area contributed by atoms with E-state index in [-0.39, 0.29) is 21.4 Å². The fourth-order valence-corrected chi connectivity index (χ4v) is 4.34. The molecular formula is C15H21ClN2O3S. The SMILES string of the molecule is CC(C)(C)NC(=O)c1ccc(Cl)c(S(=O)(=O)N2CCCC2)c1. The summed E-state index contributed by atoms with van der Waals surface area (Å²) >= 11 is 6.06. The summed E-state index contributed by atoms with van der Waals surface area (Å²) in [6, 6.07) is 4.35. The van der Waals surface area contributed by atoms with E-state index in [9.17, 15) is 13.2 Å². The minimum absolute atomic E-state index is 0.00220. The van der Waals surface area contributed by atoms with Crippen molar-refractivity contribution in [3.8, 4) is 0 Å². The van der Waals surface area contributed by atoms with Crippen molar-refractivity contribution in [1.29, 1.82) is 0 Å². The number of benzene rings is 1. The van der Waals surface area contributed by atoms with Gasteiger partial charge in [0.05, 0.1) is 5.02 Å². The average molecular weight is 345 g/mol. The van der Waals surface area contributed by atoms with Crippen molar-refractivity contribution < 1.29 is 13.2 Å². The summed E-state index contributed by atoms with van der Waals surface area (Å²) in [7, 11) is -3.65. The number of amides is 1. The first-order valence-electron chi connectivity index (χ1n) is 7.23. The molecule has 1 amide bonds. The van der Waals surface area contributed by atoms with Gasteiger partial charge in [-0.05, 0) is 51.8 Å². The highest BCUT2D eigenvalue weighted by molar-refractivity contribution is 7.89. The van der Waals surface area contributed by atoms with Gasteiger partial charge >= 0.3 is 0 Å². The second kappa shape index (κ2) is 6.18. The van der Waals surface area contributed by atoms with Crippen LogP contribution in [0.1, 0.15) is 44.0 Å². The molecular weight excluding hydrogens is 324 g/mol. The Balaban J connectivity index is 2.37. The van der Waals surface area contributed by atoms with Gasteiger partial charge in [0.25, 0.3) is 5.91 Å². The molecule has 0 aliphatic carbocycles. The quantitative estimate of drug-likeness (QED) is 0.916.